The van der Waals surface area contributed by atoms with Crippen LogP contribution >= 0.6 is 12.4 Å². The van der Waals surface area contributed by atoms with Crippen molar-refractivity contribution in [3.8, 4) is 5.69 Å². The van der Waals surface area contributed by atoms with Crippen LogP contribution in [0.5, 0.6) is 0 Å². The number of aryl methyl sites for hydroxylation is 1. The van der Waals surface area contributed by atoms with E-state index in [4.69, 9.17) is 5.73 Å². The van der Waals surface area contributed by atoms with Gasteiger partial charge in [0.25, 0.3) is 0 Å². The zero-order valence-corrected chi connectivity index (χ0v) is 13.3. The summed E-state index contributed by atoms with van der Waals surface area (Å²) in [4.78, 5) is 12.3. The van der Waals surface area contributed by atoms with Gasteiger partial charge in [0.05, 0.1) is 11.9 Å². The second kappa shape index (κ2) is 6.94. The topological polar surface area (TPSA) is 72.9 Å². The number of hydrogen-bond acceptors (Lipinski definition) is 3. The van der Waals surface area contributed by atoms with Crippen LogP contribution in [0.15, 0.2) is 36.5 Å². The molecule has 2 atom stereocenters. The van der Waals surface area contributed by atoms with Crippen LogP contribution in [0.1, 0.15) is 24.8 Å². The Morgan fingerprint density at radius 2 is 2.09 bits per heavy atom. The van der Waals surface area contributed by atoms with Crippen molar-refractivity contribution in [2.45, 2.75) is 32.2 Å². The van der Waals surface area contributed by atoms with Crippen molar-refractivity contribution < 1.29 is 4.79 Å². The van der Waals surface area contributed by atoms with Crippen molar-refractivity contribution in [2.75, 3.05) is 5.32 Å². The number of rotatable bonds is 3. The van der Waals surface area contributed by atoms with Gasteiger partial charge in [0.1, 0.15) is 5.82 Å². The zero-order valence-electron chi connectivity index (χ0n) is 12.5. The maximum Gasteiger partial charge on any atom is 0.228 e. The maximum atomic E-state index is 12.3. The van der Waals surface area contributed by atoms with E-state index < -0.39 is 0 Å². The monoisotopic (exact) mass is 320 g/mol. The third-order valence-corrected chi connectivity index (χ3v) is 4.08. The number of aromatic nitrogens is 2. The van der Waals surface area contributed by atoms with E-state index >= 15 is 0 Å². The molecular formula is C16H21ClN4O. The lowest BCUT2D eigenvalue weighted by molar-refractivity contribution is -0.119. The molecule has 3 rings (SSSR count). The lowest BCUT2D eigenvalue weighted by Crippen LogP contribution is -2.24. The van der Waals surface area contributed by atoms with Gasteiger partial charge in [-0.15, -0.1) is 12.4 Å². The van der Waals surface area contributed by atoms with E-state index in [0.29, 0.717) is 5.82 Å². The predicted molar refractivity (Wildman–Crippen MR) is 89.5 cm³/mol. The fourth-order valence-electron chi connectivity index (χ4n) is 2.87. The molecule has 0 bridgehead atoms. The van der Waals surface area contributed by atoms with E-state index in [1.165, 1.54) is 0 Å². The largest absolute Gasteiger partial charge is 0.328 e. The highest BCUT2D eigenvalue weighted by Crippen LogP contribution is 2.26. The minimum Gasteiger partial charge on any atom is -0.328 e. The second-order valence-electron chi connectivity index (χ2n) is 5.67. The van der Waals surface area contributed by atoms with Crippen molar-refractivity contribution in [1.82, 2.24) is 9.78 Å². The summed E-state index contributed by atoms with van der Waals surface area (Å²) in [7, 11) is 0. The van der Waals surface area contributed by atoms with Gasteiger partial charge >= 0.3 is 0 Å². The normalized spacial score (nSPS) is 20.5. The van der Waals surface area contributed by atoms with Crippen molar-refractivity contribution in [2.24, 2.45) is 11.7 Å². The van der Waals surface area contributed by atoms with Crippen LogP contribution in [-0.2, 0) is 4.79 Å². The Morgan fingerprint density at radius 1 is 1.32 bits per heavy atom. The lowest BCUT2D eigenvalue weighted by Gasteiger charge is -2.13. The highest BCUT2D eigenvalue weighted by Gasteiger charge is 2.28. The molecule has 1 aromatic heterocycles. The number of carbonyl (C=O) groups is 1. The van der Waals surface area contributed by atoms with E-state index in [1.807, 2.05) is 37.3 Å². The van der Waals surface area contributed by atoms with Crippen LogP contribution in [-0.4, -0.2) is 21.7 Å². The average Bonchev–Trinajstić information content (AvgIpc) is 3.08. The first-order chi connectivity index (χ1) is 10.1. The third kappa shape index (κ3) is 3.31. The van der Waals surface area contributed by atoms with Crippen LogP contribution < -0.4 is 11.1 Å². The third-order valence-electron chi connectivity index (χ3n) is 4.08. The molecule has 6 heteroatoms. The van der Waals surface area contributed by atoms with Crippen molar-refractivity contribution >= 4 is 24.1 Å². The molecule has 1 saturated carbocycles. The Morgan fingerprint density at radius 3 is 2.77 bits per heavy atom. The quantitative estimate of drug-likeness (QED) is 0.913. The number of benzene rings is 1. The molecule has 2 aromatic rings. The van der Waals surface area contributed by atoms with E-state index in [1.54, 1.807) is 10.9 Å². The molecule has 3 N–H and O–H groups in total. The Bertz CT molecular complexity index is 655. The standard InChI is InChI=1S/C16H20N4O.ClH/c1-11-4-2-3-5-14(11)20-15(8-9-18-20)19-16(21)12-6-7-13(17)10-12;/h2-5,8-9,12-13H,6-7,10,17H2,1H3,(H,19,21);1H. The van der Waals surface area contributed by atoms with Crippen molar-refractivity contribution in [1.29, 1.82) is 0 Å². The summed E-state index contributed by atoms with van der Waals surface area (Å²) >= 11 is 0. The van der Waals surface area contributed by atoms with Gasteiger partial charge in [-0.1, -0.05) is 18.2 Å². The molecule has 1 heterocycles. The predicted octanol–water partition coefficient (Wildman–Crippen LogP) is 2.67. The first-order valence-corrected chi connectivity index (χ1v) is 7.31. The van der Waals surface area contributed by atoms with Gasteiger partial charge < -0.3 is 11.1 Å². The number of nitrogens with zero attached hydrogens (tertiary/aromatic N) is 2. The molecule has 22 heavy (non-hydrogen) atoms. The lowest BCUT2D eigenvalue weighted by atomic mass is 10.1. The van der Waals surface area contributed by atoms with Crippen LogP contribution in [0.2, 0.25) is 0 Å². The number of halogens is 1. The van der Waals surface area contributed by atoms with Gasteiger partial charge in [0.2, 0.25) is 5.91 Å². The molecule has 118 valence electrons. The highest BCUT2D eigenvalue weighted by atomic mass is 35.5. The smallest absolute Gasteiger partial charge is 0.228 e. The van der Waals surface area contributed by atoms with Crippen LogP contribution in [0.25, 0.3) is 5.69 Å². The molecule has 0 radical (unpaired) electrons. The van der Waals surface area contributed by atoms with E-state index in [9.17, 15) is 4.79 Å². The summed E-state index contributed by atoms with van der Waals surface area (Å²) in [5.41, 5.74) is 7.96. The number of nitrogens with one attached hydrogen (secondary N) is 1. The molecule has 0 spiro atoms. The summed E-state index contributed by atoms with van der Waals surface area (Å²) < 4.78 is 1.77. The fraction of sp³-hybridized carbons (Fsp3) is 0.375. The molecule has 1 aliphatic rings. The highest BCUT2D eigenvalue weighted by molar-refractivity contribution is 5.92. The fourth-order valence-corrected chi connectivity index (χ4v) is 2.87. The van der Waals surface area contributed by atoms with Crippen molar-refractivity contribution in [3.05, 3.63) is 42.1 Å². The molecule has 0 aliphatic heterocycles. The van der Waals surface area contributed by atoms with Gasteiger partial charge in [-0.3, -0.25) is 4.79 Å². The summed E-state index contributed by atoms with van der Waals surface area (Å²) in [6.07, 6.45) is 4.26. The number of hydrogen-bond donors (Lipinski definition) is 2. The van der Waals surface area contributed by atoms with Gasteiger partial charge in [-0.2, -0.15) is 5.10 Å². The Labute approximate surface area is 136 Å². The molecule has 5 nitrogen and oxygen atoms in total. The number of para-hydroxylation sites is 1. The van der Waals surface area contributed by atoms with Gasteiger partial charge in [-0.05, 0) is 37.8 Å². The van der Waals surface area contributed by atoms with Crippen LogP contribution in [0.4, 0.5) is 5.82 Å². The molecule has 0 saturated heterocycles. The minimum absolute atomic E-state index is 0. The first-order valence-electron chi connectivity index (χ1n) is 7.31. The van der Waals surface area contributed by atoms with Gasteiger partial charge in [0, 0.05) is 18.0 Å². The SMILES string of the molecule is Cc1ccccc1-n1nccc1NC(=O)C1CCC(N)C1.Cl. The Kier molecular flexibility index (Phi) is 5.21. The molecule has 2 unspecified atom stereocenters. The van der Waals surface area contributed by atoms with E-state index in [0.717, 1.165) is 30.5 Å². The molecule has 1 fully saturated rings. The summed E-state index contributed by atoms with van der Waals surface area (Å²) in [6, 6.07) is 9.94. The van der Waals surface area contributed by atoms with Crippen LogP contribution in [0, 0.1) is 12.8 Å². The first kappa shape index (κ1) is 16.5. The average molecular weight is 321 g/mol. The second-order valence-corrected chi connectivity index (χ2v) is 5.67. The summed E-state index contributed by atoms with van der Waals surface area (Å²) in [5.74, 6) is 0.758. The van der Waals surface area contributed by atoms with E-state index in [2.05, 4.69) is 10.4 Å². The molecule has 1 aliphatic carbocycles. The van der Waals surface area contributed by atoms with Crippen molar-refractivity contribution in [3.63, 3.8) is 0 Å². The number of amides is 1. The van der Waals surface area contributed by atoms with E-state index in [-0.39, 0.29) is 30.3 Å². The Hall–Kier alpha value is -1.85. The van der Waals surface area contributed by atoms with Gasteiger partial charge in [0.15, 0.2) is 0 Å². The zero-order chi connectivity index (χ0) is 14.8. The maximum absolute atomic E-state index is 12.3. The van der Waals surface area contributed by atoms with Gasteiger partial charge in [-0.25, -0.2) is 4.68 Å². The summed E-state index contributed by atoms with van der Waals surface area (Å²) in [6.45, 7) is 2.03. The molecule has 1 aromatic carbocycles. The Balaban J connectivity index is 0.00000176. The van der Waals surface area contributed by atoms with Crippen LogP contribution in [0.3, 0.4) is 0 Å². The minimum atomic E-state index is 0. The summed E-state index contributed by atoms with van der Waals surface area (Å²) in [5, 5.41) is 7.30. The number of carbonyl (C=O) groups excluding carboxylic acids is 1. The number of nitrogens with two attached hydrogens (primary N) is 1. The number of anilines is 1. The molecule has 1 amide bonds. The molecular weight excluding hydrogens is 300 g/mol.